The van der Waals surface area contributed by atoms with E-state index in [0.717, 1.165) is 0 Å². The smallest absolute Gasteiger partial charge is 0.246 e. The van der Waals surface area contributed by atoms with Gasteiger partial charge in [0.05, 0.1) is 5.60 Å². The van der Waals surface area contributed by atoms with E-state index in [-0.39, 0.29) is 22.8 Å². The van der Waals surface area contributed by atoms with Crippen molar-refractivity contribution in [3.63, 3.8) is 0 Å². The lowest BCUT2D eigenvalue weighted by Crippen LogP contribution is -2.71. The molecule has 1 rings (SSSR count). The number of piperazine rings is 1. The highest BCUT2D eigenvalue weighted by atomic mass is 16.5. The first kappa shape index (κ1) is 18.0. The summed E-state index contributed by atoms with van der Waals surface area (Å²) in [5.74, 6) is -0.115. The largest absolute Gasteiger partial charge is 0.379 e. The Balaban J connectivity index is 3.01. The molecule has 1 saturated heterocycles. The Morgan fingerprint density at radius 2 is 1.71 bits per heavy atom. The van der Waals surface area contributed by atoms with Crippen LogP contribution in [0.25, 0.3) is 0 Å². The van der Waals surface area contributed by atoms with Crippen LogP contribution in [-0.2, 0) is 14.3 Å². The van der Waals surface area contributed by atoms with Crippen molar-refractivity contribution in [3.8, 4) is 0 Å². The monoisotopic (exact) mass is 298 g/mol. The van der Waals surface area contributed by atoms with Crippen LogP contribution in [0, 0.1) is 5.41 Å². The third-order valence-electron chi connectivity index (χ3n) is 4.37. The summed E-state index contributed by atoms with van der Waals surface area (Å²) in [5.41, 5.74) is -1.46. The molecule has 0 aromatic rings. The van der Waals surface area contributed by atoms with Crippen LogP contribution in [0.1, 0.15) is 54.9 Å². The molecule has 1 atom stereocenters. The number of nitrogens with zero attached hydrogens (tertiary/aromatic N) is 1. The topological polar surface area (TPSA) is 58.6 Å². The quantitative estimate of drug-likeness (QED) is 0.863. The summed E-state index contributed by atoms with van der Waals surface area (Å²) in [6, 6.07) is -0.483. The van der Waals surface area contributed by atoms with Crippen LogP contribution >= 0.6 is 0 Å². The van der Waals surface area contributed by atoms with E-state index < -0.39 is 11.6 Å². The molecular weight excluding hydrogens is 268 g/mol. The van der Waals surface area contributed by atoms with Gasteiger partial charge in [-0.1, -0.05) is 20.8 Å². The fourth-order valence-electron chi connectivity index (χ4n) is 2.38. The maximum Gasteiger partial charge on any atom is 0.246 e. The number of methoxy groups -OCH3 is 1. The van der Waals surface area contributed by atoms with Crippen molar-refractivity contribution >= 4 is 11.8 Å². The van der Waals surface area contributed by atoms with Gasteiger partial charge in [-0.25, -0.2) is 0 Å². The number of carbonyl (C=O) groups excluding carboxylic acids is 2. The third-order valence-corrected chi connectivity index (χ3v) is 4.37. The molecule has 0 aromatic carbocycles. The molecule has 1 fully saturated rings. The second-order valence-electron chi connectivity index (χ2n) is 8.04. The molecule has 1 unspecified atom stereocenters. The van der Waals surface area contributed by atoms with Gasteiger partial charge in [0.15, 0.2) is 0 Å². The van der Waals surface area contributed by atoms with Gasteiger partial charge >= 0.3 is 0 Å². The summed E-state index contributed by atoms with van der Waals surface area (Å²) in [5, 5.41) is 2.88. The van der Waals surface area contributed by atoms with Crippen LogP contribution < -0.4 is 5.32 Å². The summed E-state index contributed by atoms with van der Waals surface area (Å²) >= 11 is 0. The van der Waals surface area contributed by atoms with E-state index >= 15 is 0 Å². The SMILES string of the molecule is COC(C)(C)CCN1C(=O)C(C(C)(C)C)NC(=O)C1(C)C. The van der Waals surface area contributed by atoms with Crippen LogP contribution in [0.3, 0.4) is 0 Å². The molecule has 0 spiro atoms. The lowest BCUT2D eigenvalue weighted by molar-refractivity contribution is -0.159. The van der Waals surface area contributed by atoms with Crippen LogP contribution in [0.15, 0.2) is 0 Å². The molecule has 21 heavy (non-hydrogen) atoms. The number of hydrogen-bond acceptors (Lipinski definition) is 3. The van der Waals surface area contributed by atoms with E-state index in [2.05, 4.69) is 5.32 Å². The molecule has 1 N–H and O–H groups in total. The molecule has 1 aliphatic rings. The predicted octanol–water partition coefficient (Wildman–Crippen LogP) is 1.95. The third kappa shape index (κ3) is 3.76. The van der Waals surface area contributed by atoms with Gasteiger partial charge < -0.3 is 15.0 Å². The maximum atomic E-state index is 12.8. The average Bonchev–Trinajstić information content (AvgIpc) is 2.32. The molecule has 0 aromatic heterocycles. The van der Waals surface area contributed by atoms with Gasteiger partial charge in [-0.15, -0.1) is 0 Å². The van der Waals surface area contributed by atoms with Gasteiger partial charge in [0.25, 0.3) is 0 Å². The highest BCUT2D eigenvalue weighted by molar-refractivity contribution is 5.99. The predicted molar refractivity (Wildman–Crippen MR) is 82.9 cm³/mol. The summed E-state index contributed by atoms with van der Waals surface area (Å²) < 4.78 is 5.41. The van der Waals surface area contributed by atoms with Gasteiger partial charge in [-0.3, -0.25) is 9.59 Å². The van der Waals surface area contributed by atoms with Crippen molar-refractivity contribution in [2.24, 2.45) is 5.41 Å². The molecule has 1 heterocycles. The first-order valence-corrected chi connectivity index (χ1v) is 7.50. The van der Waals surface area contributed by atoms with E-state index in [4.69, 9.17) is 4.74 Å². The van der Waals surface area contributed by atoms with Crippen LogP contribution in [0.4, 0.5) is 0 Å². The highest BCUT2D eigenvalue weighted by Crippen LogP contribution is 2.30. The van der Waals surface area contributed by atoms with Gasteiger partial charge in [0.2, 0.25) is 11.8 Å². The number of nitrogens with one attached hydrogen (secondary N) is 1. The molecule has 122 valence electrons. The van der Waals surface area contributed by atoms with Gasteiger partial charge in [-0.2, -0.15) is 0 Å². The van der Waals surface area contributed by atoms with E-state index in [9.17, 15) is 9.59 Å². The Labute approximate surface area is 128 Å². The molecule has 1 aliphatic heterocycles. The summed E-state index contributed by atoms with van der Waals surface area (Å²) in [7, 11) is 1.66. The molecule has 0 radical (unpaired) electrons. The molecule has 0 saturated carbocycles. The molecular formula is C16H30N2O3. The second kappa shape index (κ2) is 5.59. The Morgan fingerprint density at radius 3 is 2.14 bits per heavy atom. The van der Waals surface area contributed by atoms with Gasteiger partial charge in [0.1, 0.15) is 11.6 Å². The molecule has 0 aliphatic carbocycles. The van der Waals surface area contributed by atoms with Crippen molar-refractivity contribution in [3.05, 3.63) is 0 Å². The highest BCUT2D eigenvalue weighted by Gasteiger charge is 2.49. The lowest BCUT2D eigenvalue weighted by Gasteiger charge is -2.48. The van der Waals surface area contributed by atoms with E-state index in [1.807, 2.05) is 34.6 Å². The number of hydrogen-bond donors (Lipinski definition) is 1. The standard InChI is InChI=1S/C16H30N2O3/c1-14(2,3)11-12(19)18(10-9-15(4,5)21-8)16(6,7)13(20)17-11/h11H,9-10H2,1-8H3,(H,17,20). The average molecular weight is 298 g/mol. The number of amides is 2. The molecule has 5 nitrogen and oxygen atoms in total. The second-order valence-corrected chi connectivity index (χ2v) is 8.04. The van der Waals surface area contributed by atoms with Crippen molar-refractivity contribution in [1.82, 2.24) is 10.2 Å². The molecule has 0 bridgehead atoms. The normalized spacial score (nSPS) is 23.2. The lowest BCUT2D eigenvalue weighted by atomic mass is 9.81. The van der Waals surface area contributed by atoms with Crippen LogP contribution in [0.2, 0.25) is 0 Å². The minimum atomic E-state index is -0.831. The zero-order chi connectivity index (χ0) is 16.6. The minimum Gasteiger partial charge on any atom is -0.379 e. The van der Waals surface area contributed by atoms with Crippen molar-refractivity contribution in [2.75, 3.05) is 13.7 Å². The number of carbonyl (C=O) groups is 2. The first-order chi connectivity index (χ1) is 9.33. The minimum absolute atomic E-state index is 0.0148. The van der Waals surface area contributed by atoms with E-state index in [1.54, 1.807) is 25.9 Å². The molecule has 5 heteroatoms. The van der Waals surface area contributed by atoms with Crippen molar-refractivity contribution in [2.45, 2.75) is 72.1 Å². The summed E-state index contributed by atoms with van der Waals surface area (Å²) in [6.45, 7) is 13.9. The fourth-order valence-corrected chi connectivity index (χ4v) is 2.38. The number of rotatable bonds is 4. The fraction of sp³-hybridized carbons (Fsp3) is 0.875. The zero-order valence-corrected chi connectivity index (χ0v) is 14.7. The summed E-state index contributed by atoms with van der Waals surface area (Å²) in [4.78, 5) is 26.9. The maximum absolute atomic E-state index is 12.8. The first-order valence-electron chi connectivity index (χ1n) is 7.50. The van der Waals surface area contributed by atoms with E-state index in [1.165, 1.54) is 0 Å². The Kier molecular flexibility index (Phi) is 4.78. The molecule has 2 amide bonds. The van der Waals surface area contributed by atoms with Crippen molar-refractivity contribution in [1.29, 1.82) is 0 Å². The zero-order valence-electron chi connectivity index (χ0n) is 14.7. The van der Waals surface area contributed by atoms with Crippen LogP contribution in [0.5, 0.6) is 0 Å². The summed E-state index contributed by atoms with van der Waals surface area (Å²) in [6.07, 6.45) is 0.683. The van der Waals surface area contributed by atoms with E-state index in [0.29, 0.717) is 13.0 Å². The Morgan fingerprint density at radius 1 is 1.19 bits per heavy atom. The Hall–Kier alpha value is -1.10. The number of ether oxygens (including phenoxy) is 1. The van der Waals surface area contributed by atoms with Gasteiger partial charge in [-0.05, 0) is 39.5 Å². The van der Waals surface area contributed by atoms with Crippen LogP contribution in [-0.4, -0.2) is 47.6 Å². The van der Waals surface area contributed by atoms with Crippen molar-refractivity contribution < 1.29 is 14.3 Å². The Bertz CT molecular complexity index is 422. The van der Waals surface area contributed by atoms with Gasteiger partial charge in [0, 0.05) is 13.7 Å².